The number of amides is 1. The molecule has 0 aromatic heterocycles. The SMILES string of the molecule is COc1ccc(C(=O)N[C@H](C(=O)O[C@@H](C)C(=O)c2ccc(Cl)cc2)C(C)C)cc1. The second-order valence-electron chi connectivity index (χ2n) is 6.87. The van der Waals surface area contributed by atoms with E-state index in [4.69, 9.17) is 21.1 Å². The Morgan fingerprint density at radius 3 is 1.97 bits per heavy atom. The highest BCUT2D eigenvalue weighted by atomic mass is 35.5. The number of ether oxygens (including phenoxy) is 2. The van der Waals surface area contributed by atoms with Crippen LogP contribution in [0, 0.1) is 5.92 Å². The van der Waals surface area contributed by atoms with Crippen LogP contribution in [-0.4, -0.2) is 36.9 Å². The Morgan fingerprint density at radius 1 is 0.897 bits per heavy atom. The fourth-order valence-electron chi connectivity index (χ4n) is 2.61. The average Bonchev–Trinajstić information content (AvgIpc) is 2.71. The molecule has 2 aromatic rings. The van der Waals surface area contributed by atoms with Gasteiger partial charge in [0.1, 0.15) is 11.8 Å². The molecule has 0 aliphatic rings. The molecule has 2 aromatic carbocycles. The van der Waals surface area contributed by atoms with Gasteiger partial charge in [-0.1, -0.05) is 25.4 Å². The zero-order chi connectivity index (χ0) is 21.6. The third-order valence-corrected chi connectivity index (χ3v) is 4.60. The van der Waals surface area contributed by atoms with Crippen molar-refractivity contribution < 1.29 is 23.9 Å². The van der Waals surface area contributed by atoms with Gasteiger partial charge in [-0.15, -0.1) is 0 Å². The van der Waals surface area contributed by atoms with Gasteiger partial charge >= 0.3 is 5.97 Å². The van der Waals surface area contributed by atoms with E-state index in [0.29, 0.717) is 21.9 Å². The molecule has 0 unspecified atom stereocenters. The van der Waals surface area contributed by atoms with Crippen molar-refractivity contribution in [1.29, 1.82) is 0 Å². The minimum Gasteiger partial charge on any atom is -0.497 e. The fraction of sp³-hybridized carbons (Fsp3) is 0.318. The number of carbonyl (C=O) groups excluding carboxylic acids is 3. The molecule has 0 heterocycles. The Morgan fingerprint density at radius 2 is 1.45 bits per heavy atom. The summed E-state index contributed by atoms with van der Waals surface area (Å²) in [6.07, 6.45) is -0.997. The van der Waals surface area contributed by atoms with Crippen LogP contribution in [-0.2, 0) is 9.53 Å². The van der Waals surface area contributed by atoms with Crippen molar-refractivity contribution >= 4 is 29.3 Å². The Hall–Kier alpha value is -2.86. The van der Waals surface area contributed by atoms with Gasteiger partial charge in [-0.3, -0.25) is 9.59 Å². The van der Waals surface area contributed by atoms with E-state index in [-0.39, 0.29) is 11.7 Å². The lowest BCUT2D eigenvalue weighted by Crippen LogP contribution is -2.46. The number of hydrogen-bond acceptors (Lipinski definition) is 5. The summed E-state index contributed by atoms with van der Waals surface area (Å²) in [5.74, 6) is -1.05. The summed E-state index contributed by atoms with van der Waals surface area (Å²) in [5, 5.41) is 3.19. The molecule has 2 rings (SSSR count). The second kappa shape index (κ2) is 10.1. The number of nitrogens with one attached hydrogen (secondary N) is 1. The topological polar surface area (TPSA) is 81.7 Å². The van der Waals surface area contributed by atoms with E-state index in [1.54, 1.807) is 62.4 Å². The van der Waals surface area contributed by atoms with Crippen LogP contribution in [0.5, 0.6) is 5.75 Å². The monoisotopic (exact) mass is 417 g/mol. The number of halogens is 1. The highest BCUT2D eigenvalue weighted by Gasteiger charge is 2.29. The van der Waals surface area contributed by atoms with E-state index in [1.165, 1.54) is 14.0 Å². The van der Waals surface area contributed by atoms with E-state index >= 15 is 0 Å². The number of benzene rings is 2. The molecule has 29 heavy (non-hydrogen) atoms. The molecule has 0 fully saturated rings. The van der Waals surface area contributed by atoms with Crippen LogP contribution < -0.4 is 10.1 Å². The van der Waals surface area contributed by atoms with E-state index < -0.39 is 24.0 Å². The number of rotatable bonds is 8. The van der Waals surface area contributed by atoms with Crippen LogP contribution in [0.4, 0.5) is 0 Å². The van der Waals surface area contributed by atoms with Gasteiger partial charge in [0.25, 0.3) is 5.91 Å². The number of methoxy groups -OCH3 is 1. The predicted octanol–water partition coefficient (Wildman–Crippen LogP) is 3.92. The molecule has 6 nitrogen and oxygen atoms in total. The van der Waals surface area contributed by atoms with Gasteiger partial charge < -0.3 is 14.8 Å². The molecule has 1 amide bonds. The Kier molecular flexibility index (Phi) is 7.79. The van der Waals surface area contributed by atoms with Gasteiger partial charge in [0.05, 0.1) is 7.11 Å². The first-order valence-corrected chi connectivity index (χ1v) is 9.56. The number of carbonyl (C=O) groups is 3. The number of hydrogen-bond donors (Lipinski definition) is 1. The first-order chi connectivity index (χ1) is 13.7. The summed E-state index contributed by atoms with van der Waals surface area (Å²) >= 11 is 5.83. The van der Waals surface area contributed by atoms with E-state index in [2.05, 4.69) is 5.32 Å². The summed E-state index contributed by atoms with van der Waals surface area (Å²) in [6.45, 7) is 5.06. The lowest BCUT2D eigenvalue weighted by molar-refractivity contribution is -0.149. The van der Waals surface area contributed by atoms with Crippen molar-refractivity contribution in [3.8, 4) is 5.75 Å². The maximum absolute atomic E-state index is 12.6. The largest absolute Gasteiger partial charge is 0.497 e. The fourth-order valence-corrected chi connectivity index (χ4v) is 2.74. The zero-order valence-corrected chi connectivity index (χ0v) is 17.5. The highest BCUT2D eigenvalue weighted by molar-refractivity contribution is 6.30. The van der Waals surface area contributed by atoms with Gasteiger partial charge in [0.15, 0.2) is 6.10 Å². The Balaban J connectivity index is 2.05. The first-order valence-electron chi connectivity index (χ1n) is 9.18. The second-order valence-corrected chi connectivity index (χ2v) is 7.31. The summed E-state index contributed by atoms with van der Waals surface area (Å²) < 4.78 is 10.4. The van der Waals surface area contributed by atoms with Crippen molar-refractivity contribution in [1.82, 2.24) is 5.32 Å². The summed E-state index contributed by atoms with van der Waals surface area (Å²) in [5.41, 5.74) is 0.771. The third kappa shape index (κ3) is 6.06. The van der Waals surface area contributed by atoms with Crippen molar-refractivity contribution in [3.63, 3.8) is 0 Å². The molecule has 0 saturated carbocycles. The first kappa shape index (κ1) is 22.4. The Bertz CT molecular complexity index is 862. The normalized spacial score (nSPS) is 12.8. The zero-order valence-electron chi connectivity index (χ0n) is 16.8. The minimum atomic E-state index is -0.997. The maximum Gasteiger partial charge on any atom is 0.329 e. The number of Topliss-reactive ketones (excluding diaryl/α,β-unsaturated/α-hetero) is 1. The molecule has 0 aliphatic carbocycles. The van der Waals surface area contributed by atoms with Crippen molar-refractivity contribution in [3.05, 3.63) is 64.7 Å². The summed E-state index contributed by atoms with van der Waals surface area (Å²) in [7, 11) is 1.53. The number of ketones is 1. The maximum atomic E-state index is 12.6. The molecule has 0 saturated heterocycles. The standard InChI is InChI=1S/C22H24ClNO5/c1-13(2)19(24-21(26)16-7-11-18(28-4)12-8-16)22(27)29-14(3)20(25)15-5-9-17(23)10-6-15/h5-14,19H,1-4H3,(H,24,26)/t14-,19-/m0/s1. The predicted molar refractivity (Wildman–Crippen MR) is 110 cm³/mol. The molecular weight excluding hydrogens is 394 g/mol. The van der Waals surface area contributed by atoms with Gasteiger partial charge in [-0.05, 0) is 61.4 Å². The van der Waals surface area contributed by atoms with Crippen LogP contribution in [0.3, 0.4) is 0 Å². The lowest BCUT2D eigenvalue weighted by atomic mass is 10.0. The van der Waals surface area contributed by atoms with Crippen molar-refractivity contribution in [2.24, 2.45) is 5.92 Å². The van der Waals surface area contributed by atoms with Gasteiger partial charge in [-0.2, -0.15) is 0 Å². The molecule has 0 radical (unpaired) electrons. The smallest absolute Gasteiger partial charge is 0.329 e. The molecule has 0 aliphatic heterocycles. The molecule has 0 bridgehead atoms. The highest BCUT2D eigenvalue weighted by Crippen LogP contribution is 2.15. The summed E-state index contributed by atoms with van der Waals surface area (Å²) in [4.78, 5) is 37.6. The van der Waals surface area contributed by atoms with Crippen molar-refractivity contribution in [2.45, 2.75) is 32.9 Å². The van der Waals surface area contributed by atoms with Crippen LogP contribution in [0.1, 0.15) is 41.5 Å². The molecule has 1 N–H and O–H groups in total. The molecule has 154 valence electrons. The lowest BCUT2D eigenvalue weighted by Gasteiger charge is -2.23. The average molecular weight is 418 g/mol. The molecule has 0 spiro atoms. The van der Waals surface area contributed by atoms with Gasteiger partial charge in [-0.25, -0.2) is 4.79 Å². The van der Waals surface area contributed by atoms with Gasteiger partial charge in [0, 0.05) is 16.1 Å². The van der Waals surface area contributed by atoms with E-state index in [9.17, 15) is 14.4 Å². The molecule has 7 heteroatoms. The van der Waals surface area contributed by atoms with Gasteiger partial charge in [0.2, 0.25) is 5.78 Å². The van der Waals surface area contributed by atoms with Crippen LogP contribution in [0.2, 0.25) is 5.02 Å². The van der Waals surface area contributed by atoms with E-state index in [0.717, 1.165) is 0 Å². The molecular formula is C22H24ClNO5. The molecule has 2 atom stereocenters. The quantitative estimate of drug-likeness (QED) is 0.520. The minimum absolute atomic E-state index is 0.234. The van der Waals surface area contributed by atoms with Crippen LogP contribution in [0.15, 0.2) is 48.5 Å². The van der Waals surface area contributed by atoms with Crippen molar-refractivity contribution in [2.75, 3.05) is 7.11 Å². The van der Waals surface area contributed by atoms with Crippen LogP contribution >= 0.6 is 11.6 Å². The van der Waals surface area contributed by atoms with Crippen LogP contribution in [0.25, 0.3) is 0 Å². The third-order valence-electron chi connectivity index (χ3n) is 4.35. The number of esters is 1. The van der Waals surface area contributed by atoms with E-state index in [1.807, 2.05) is 0 Å². The Labute approximate surface area is 175 Å². The summed E-state index contributed by atoms with van der Waals surface area (Å²) in [6, 6.07) is 11.9.